The van der Waals surface area contributed by atoms with E-state index < -0.39 is 0 Å². The van der Waals surface area contributed by atoms with E-state index in [1.54, 1.807) is 24.6 Å². The first-order valence-corrected chi connectivity index (χ1v) is 19.2. The number of benzene rings is 2. The van der Waals surface area contributed by atoms with Crippen LogP contribution in [0.15, 0.2) is 98.1 Å². The van der Waals surface area contributed by atoms with Crippen LogP contribution in [0.5, 0.6) is 0 Å². The zero-order valence-electron chi connectivity index (χ0n) is 34.4. The standard InChI is InChI=1S/C19H35NO2.C17H28N2.C7H8.C2H6/c1-8-10-12-20(7)18(4)19(5,6)16-17(3)22-15-14-21-13-11-9-2;1-5-9-13-19-17(18-8-4)16-14(6-2)11-10-12-15(16)7-3;1-7-5-3-2-4-6-7;1-2/h9,11,13,16,18H,2,8,10,12,14-15H2,1,3-7H3;8,10-12,17-19H,4-7,9,13H2,1-3H3;2-6H,1H3;1-2H3/b13-11+,17-16+;;;. The molecule has 50 heavy (non-hydrogen) atoms. The second-order valence-corrected chi connectivity index (χ2v) is 12.8. The minimum atomic E-state index is 0.0656. The van der Waals surface area contributed by atoms with Crippen molar-refractivity contribution in [1.82, 2.24) is 15.5 Å². The van der Waals surface area contributed by atoms with Crippen LogP contribution in [0, 0.1) is 12.3 Å². The van der Waals surface area contributed by atoms with E-state index >= 15 is 0 Å². The van der Waals surface area contributed by atoms with Gasteiger partial charge in [0.15, 0.2) is 0 Å². The van der Waals surface area contributed by atoms with Gasteiger partial charge in [-0.2, -0.15) is 0 Å². The molecule has 0 amide bonds. The Bertz CT molecular complexity index is 1130. The van der Waals surface area contributed by atoms with Crippen molar-refractivity contribution in [2.45, 2.75) is 127 Å². The Morgan fingerprint density at radius 3 is 1.98 bits per heavy atom. The summed E-state index contributed by atoms with van der Waals surface area (Å²) >= 11 is 0. The molecule has 2 atom stereocenters. The molecular formula is C45H77N3O2. The van der Waals surface area contributed by atoms with E-state index in [1.165, 1.54) is 47.9 Å². The van der Waals surface area contributed by atoms with Gasteiger partial charge < -0.3 is 19.7 Å². The molecule has 0 fully saturated rings. The van der Waals surface area contributed by atoms with Crippen LogP contribution in [0.25, 0.3) is 0 Å². The predicted molar refractivity (Wildman–Crippen MR) is 222 cm³/mol. The Labute approximate surface area is 310 Å². The molecule has 0 aromatic heterocycles. The van der Waals surface area contributed by atoms with Crippen LogP contribution in [0.1, 0.15) is 123 Å². The Balaban J connectivity index is 0. The van der Waals surface area contributed by atoms with Gasteiger partial charge in [0.05, 0.1) is 12.0 Å². The molecule has 0 aliphatic heterocycles. The Morgan fingerprint density at radius 2 is 1.50 bits per heavy atom. The lowest BCUT2D eigenvalue weighted by atomic mass is 9.84. The number of hydrogen-bond donors (Lipinski definition) is 2. The van der Waals surface area contributed by atoms with Crippen LogP contribution in [0.3, 0.4) is 0 Å². The minimum Gasteiger partial charge on any atom is -0.498 e. The summed E-state index contributed by atoms with van der Waals surface area (Å²) in [7, 11) is 2.20. The monoisotopic (exact) mass is 692 g/mol. The van der Waals surface area contributed by atoms with Crippen molar-refractivity contribution in [3.8, 4) is 0 Å². The zero-order valence-corrected chi connectivity index (χ0v) is 34.4. The van der Waals surface area contributed by atoms with Crippen molar-refractivity contribution >= 4 is 0 Å². The molecule has 284 valence electrons. The van der Waals surface area contributed by atoms with Gasteiger partial charge in [0.2, 0.25) is 0 Å². The molecule has 0 saturated heterocycles. The molecule has 0 bridgehead atoms. The molecule has 2 aromatic rings. The van der Waals surface area contributed by atoms with Crippen LogP contribution >= 0.6 is 0 Å². The third-order valence-electron chi connectivity index (χ3n) is 8.46. The number of allylic oxidation sites excluding steroid dienone is 3. The number of nitrogens with one attached hydrogen (secondary N) is 2. The van der Waals surface area contributed by atoms with Gasteiger partial charge in [-0.25, -0.2) is 0 Å². The summed E-state index contributed by atoms with van der Waals surface area (Å²) in [5.41, 5.74) is 5.63. The lowest BCUT2D eigenvalue weighted by Gasteiger charge is -2.36. The summed E-state index contributed by atoms with van der Waals surface area (Å²) in [4.78, 5) is 2.43. The number of hydrogen-bond acceptors (Lipinski definition) is 5. The fourth-order valence-electron chi connectivity index (χ4n) is 5.26. The van der Waals surface area contributed by atoms with E-state index in [-0.39, 0.29) is 11.6 Å². The van der Waals surface area contributed by atoms with Gasteiger partial charge in [-0.3, -0.25) is 5.32 Å². The summed E-state index contributed by atoms with van der Waals surface area (Å²) < 4.78 is 11.0. The van der Waals surface area contributed by atoms with Crippen LogP contribution in [-0.2, 0) is 22.3 Å². The Morgan fingerprint density at radius 1 is 0.900 bits per heavy atom. The fourth-order valence-corrected chi connectivity index (χ4v) is 5.26. The molecule has 2 unspecified atom stereocenters. The van der Waals surface area contributed by atoms with E-state index in [1.807, 2.05) is 39.0 Å². The van der Waals surface area contributed by atoms with Gasteiger partial charge in [-0.1, -0.05) is 142 Å². The van der Waals surface area contributed by atoms with Crippen LogP contribution in [0.4, 0.5) is 0 Å². The Hall–Kier alpha value is -3.28. The maximum atomic E-state index is 5.73. The lowest BCUT2D eigenvalue weighted by molar-refractivity contribution is 0.122. The first-order chi connectivity index (χ1) is 24.0. The highest BCUT2D eigenvalue weighted by molar-refractivity contribution is 5.38. The second kappa shape index (κ2) is 31.7. The molecule has 0 aliphatic rings. The highest BCUT2D eigenvalue weighted by Gasteiger charge is 2.27. The van der Waals surface area contributed by atoms with Gasteiger partial charge in [-0.05, 0) is 102 Å². The quantitative estimate of drug-likeness (QED) is 0.0590. The van der Waals surface area contributed by atoms with E-state index in [2.05, 4.69) is 128 Å². The summed E-state index contributed by atoms with van der Waals surface area (Å²) in [5.74, 6) is 0.956. The average molecular weight is 692 g/mol. The molecular weight excluding hydrogens is 615 g/mol. The molecule has 0 radical (unpaired) electrons. The molecule has 5 nitrogen and oxygen atoms in total. The summed E-state index contributed by atoms with van der Waals surface area (Å²) in [6, 6.07) is 17.3. The molecule has 0 saturated carbocycles. The van der Waals surface area contributed by atoms with Crippen LogP contribution in [-0.4, -0.2) is 44.3 Å². The third-order valence-corrected chi connectivity index (χ3v) is 8.46. The van der Waals surface area contributed by atoms with Gasteiger partial charge >= 0.3 is 0 Å². The molecule has 0 aliphatic carbocycles. The van der Waals surface area contributed by atoms with Gasteiger partial charge in [0, 0.05) is 11.5 Å². The third kappa shape index (κ3) is 22.4. The Kier molecular flexibility index (Phi) is 30.9. The largest absolute Gasteiger partial charge is 0.498 e. The van der Waals surface area contributed by atoms with Gasteiger partial charge in [0.1, 0.15) is 19.4 Å². The number of nitrogens with zero attached hydrogens (tertiary/aromatic N) is 1. The van der Waals surface area contributed by atoms with Crippen molar-refractivity contribution in [2.75, 3.05) is 33.4 Å². The highest BCUT2D eigenvalue weighted by Crippen LogP contribution is 2.28. The number of rotatable bonds is 21. The first-order valence-electron chi connectivity index (χ1n) is 19.2. The van der Waals surface area contributed by atoms with Gasteiger partial charge in [0.25, 0.3) is 0 Å². The topological polar surface area (TPSA) is 45.8 Å². The van der Waals surface area contributed by atoms with Crippen molar-refractivity contribution in [1.29, 1.82) is 0 Å². The smallest absolute Gasteiger partial charge is 0.122 e. The summed E-state index contributed by atoms with van der Waals surface area (Å²) in [5, 5.41) is 6.96. The maximum Gasteiger partial charge on any atom is 0.122 e. The fraction of sp³-hybridized carbons (Fsp3) is 0.556. The van der Waals surface area contributed by atoms with Crippen molar-refractivity contribution in [2.24, 2.45) is 5.41 Å². The molecule has 2 aromatic carbocycles. The molecule has 5 heteroatoms. The first kappa shape index (κ1) is 48.8. The predicted octanol–water partition coefficient (Wildman–Crippen LogP) is 11.7. The van der Waals surface area contributed by atoms with E-state index in [0.29, 0.717) is 19.3 Å². The molecule has 0 heterocycles. The minimum absolute atomic E-state index is 0.0656. The van der Waals surface area contributed by atoms with Crippen LogP contribution < -0.4 is 10.6 Å². The lowest BCUT2D eigenvalue weighted by Crippen LogP contribution is -2.40. The van der Waals surface area contributed by atoms with E-state index in [9.17, 15) is 0 Å². The van der Waals surface area contributed by atoms with Crippen LogP contribution in [0.2, 0.25) is 0 Å². The molecule has 2 rings (SSSR count). The normalized spacial score (nSPS) is 12.3. The summed E-state index contributed by atoms with van der Waals surface area (Å²) in [6.45, 7) is 34.4. The average Bonchev–Trinajstić information content (AvgIpc) is 3.12. The van der Waals surface area contributed by atoms with E-state index in [0.717, 1.165) is 31.7 Å². The van der Waals surface area contributed by atoms with Crippen molar-refractivity contribution in [3.63, 3.8) is 0 Å². The highest BCUT2D eigenvalue weighted by atomic mass is 16.5. The van der Waals surface area contributed by atoms with Crippen molar-refractivity contribution in [3.05, 3.63) is 120 Å². The summed E-state index contributed by atoms with van der Waals surface area (Å²) in [6.07, 6.45) is 16.3. The molecule has 2 N–H and O–H groups in total. The van der Waals surface area contributed by atoms with Gasteiger partial charge in [-0.15, -0.1) is 0 Å². The SMILES string of the molecule is C=C/C=C/OCCO/C(C)=C/C(C)(C)C(C)N(C)CCCC.C=CNC(NCCCC)c1c(CC)cccc1CC.CC.Cc1ccccc1. The zero-order chi connectivity index (χ0) is 38.2. The van der Waals surface area contributed by atoms with E-state index in [4.69, 9.17) is 9.47 Å². The number of unbranched alkanes of at least 4 members (excludes halogenated alkanes) is 2. The number of aryl methyl sites for hydroxylation is 3. The number of ether oxygens (including phenoxy) is 2. The molecule has 0 spiro atoms. The second-order valence-electron chi connectivity index (χ2n) is 12.8. The van der Waals surface area contributed by atoms with Crippen molar-refractivity contribution < 1.29 is 9.47 Å². The maximum absolute atomic E-state index is 5.73.